The third-order valence-electron chi connectivity index (χ3n) is 4.19. The predicted octanol–water partition coefficient (Wildman–Crippen LogP) is 4.15. The second kappa shape index (κ2) is 10.1. The highest BCUT2D eigenvalue weighted by Gasteiger charge is 2.09. The van der Waals surface area contributed by atoms with Crippen LogP contribution in [0.5, 0.6) is 11.5 Å². The van der Waals surface area contributed by atoms with E-state index in [-0.39, 0.29) is 6.42 Å². The number of aliphatic hydroxyl groups is 2. The maximum Gasteiger partial charge on any atom is 0.162 e. The molecule has 0 aliphatic heterocycles. The number of benzene rings is 2. The first kappa shape index (κ1) is 20.9. The van der Waals surface area contributed by atoms with Crippen molar-refractivity contribution in [3.63, 3.8) is 0 Å². The second-order valence-electron chi connectivity index (χ2n) is 6.26. The van der Waals surface area contributed by atoms with Crippen molar-refractivity contribution in [2.45, 2.75) is 12.7 Å². The molecule has 152 valence electrons. The molecular weight excluding hydrogens is 388 g/mol. The molecule has 0 unspecified atom stereocenters. The van der Waals surface area contributed by atoms with Gasteiger partial charge >= 0.3 is 0 Å². The summed E-state index contributed by atoms with van der Waals surface area (Å²) < 4.78 is 11.7. The molecule has 0 saturated carbocycles. The van der Waals surface area contributed by atoms with Crippen molar-refractivity contribution in [2.75, 3.05) is 26.1 Å². The number of nitrogens with one attached hydrogen (secondary N) is 1. The lowest BCUT2D eigenvalue weighted by molar-refractivity contribution is -0.0423. The van der Waals surface area contributed by atoms with Gasteiger partial charge in [-0.25, -0.2) is 4.98 Å². The Morgan fingerprint density at radius 2 is 1.72 bits per heavy atom. The number of methoxy groups -OCH3 is 2. The number of nitrogens with zero attached hydrogens (tertiary/aromatic N) is 1. The number of fused-ring (bicyclic) bond motifs is 1. The molecule has 0 radical (unpaired) electrons. The minimum absolute atomic E-state index is 0.289. The largest absolute Gasteiger partial charge is 0.493 e. The standard InChI is InChI=1S/C22H24N2O4S/c1-27-18-13-17-20(14-19(18)28-2)29-21(24-17)6-4-3-5-15-7-9-16(10-8-15)23-12-11-22(25)26/h3-10,13-14,22-23,25-26H,11-12H2,1-2H3/b5-3+,6-4+. The summed E-state index contributed by atoms with van der Waals surface area (Å²) in [6.07, 6.45) is 6.92. The lowest BCUT2D eigenvalue weighted by atomic mass is 10.2. The second-order valence-corrected chi connectivity index (χ2v) is 7.33. The van der Waals surface area contributed by atoms with E-state index in [9.17, 15) is 0 Å². The van der Waals surface area contributed by atoms with Crippen LogP contribution in [0.3, 0.4) is 0 Å². The fraction of sp³-hybridized carbons (Fsp3) is 0.227. The van der Waals surface area contributed by atoms with Gasteiger partial charge in [0.1, 0.15) is 5.01 Å². The van der Waals surface area contributed by atoms with E-state index in [2.05, 4.69) is 10.3 Å². The topological polar surface area (TPSA) is 83.8 Å². The Balaban J connectivity index is 1.61. The molecule has 3 aromatic rings. The molecule has 6 nitrogen and oxygen atoms in total. The lowest BCUT2D eigenvalue weighted by Gasteiger charge is -2.07. The van der Waals surface area contributed by atoms with Crippen LogP contribution < -0.4 is 14.8 Å². The zero-order chi connectivity index (χ0) is 20.6. The van der Waals surface area contributed by atoms with Crippen molar-refractivity contribution < 1.29 is 19.7 Å². The number of rotatable bonds is 9. The van der Waals surface area contributed by atoms with Gasteiger partial charge in [0.2, 0.25) is 0 Å². The summed E-state index contributed by atoms with van der Waals surface area (Å²) in [7, 11) is 3.24. The highest BCUT2D eigenvalue weighted by Crippen LogP contribution is 2.34. The van der Waals surface area contributed by atoms with Gasteiger partial charge in [0.25, 0.3) is 0 Å². The Kier molecular flexibility index (Phi) is 7.24. The van der Waals surface area contributed by atoms with Crippen LogP contribution in [0.25, 0.3) is 22.4 Å². The molecule has 3 rings (SSSR count). The van der Waals surface area contributed by atoms with Gasteiger partial charge in [-0.15, -0.1) is 11.3 Å². The lowest BCUT2D eigenvalue weighted by Crippen LogP contribution is -2.11. The molecule has 0 aliphatic carbocycles. The van der Waals surface area contributed by atoms with Gasteiger partial charge in [-0.1, -0.05) is 30.4 Å². The number of allylic oxidation sites excluding steroid dienone is 2. The van der Waals surface area contributed by atoms with Crippen molar-refractivity contribution in [3.05, 3.63) is 59.1 Å². The van der Waals surface area contributed by atoms with Gasteiger partial charge in [-0.05, 0) is 23.8 Å². The van der Waals surface area contributed by atoms with Crippen molar-refractivity contribution >= 4 is 39.4 Å². The van der Waals surface area contributed by atoms with Gasteiger partial charge in [0, 0.05) is 30.8 Å². The molecule has 0 amide bonds. The van der Waals surface area contributed by atoms with Crippen LogP contribution in [0.15, 0.2) is 48.6 Å². The first-order valence-electron chi connectivity index (χ1n) is 9.16. The average molecular weight is 413 g/mol. The van der Waals surface area contributed by atoms with Gasteiger partial charge in [-0.3, -0.25) is 0 Å². The summed E-state index contributed by atoms with van der Waals surface area (Å²) in [6, 6.07) is 11.7. The van der Waals surface area contributed by atoms with Crippen LogP contribution in [0.1, 0.15) is 17.0 Å². The van der Waals surface area contributed by atoms with Crippen molar-refractivity contribution in [3.8, 4) is 11.5 Å². The maximum absolute atomic E-state index is 8.85. The van der Waals surface area contributed by atoms with Crippen molar-refractivity contribution in [1.82, 2.24) is 4.98 Å². The molecule has 0 spiro atoms. The summed E-state index contributed by atoms with van der Waals surface area (Å²) in [4.78, 5) is 4.61. The molecule has 7 heteroatoms. The minimum Gasteiger partial charge on any atom is -0.493 e. The summed E-state index contributed by atoms with van der Waals surface area (Å²) in [5.41, 5.74) is 2.90. The fourth-order valence-electron chi connectivity index (χ4n) is 2.71. The van der Waals surface area contributed by atoms with Crippen LogP contribution in [-0.4, -0.2) is 42.3 Å². The zero-order valence-electron chi connectivity index (χ0n) is 16.3. The fourth-order valence-corrected chi connectivity index (χ4v) is 3.60. The number of aliphatic hydroxyl groups excluding tert-OH is 1. The summed E-state index contributed by atoms with van der Waals surface area (Å²) in [5, 5.41) is 21.7. The van der Waals surface area contributed by atoms with E-state index >= 15 is 0 Å². The molecule has 0 saturated heterocycles. The summed E-state index contributed by atoms with van der Waals surface area (Å²) in [5.74, 6) is 1.37. The van der Waals surface area contributed by atoms with Crippen LogP contribution in [-0.2, 0) is 0 Å². The molecule has 1 heterocycles. The number of anilines is 1. The van der Waals surface area contributed by atoms with Crippen molar-refractivity contribution in [1.29, 1.82) is 0 Å². The minimum atomic E-state index is -1.28. The first-order valence-corrected chi connectivity index (χ1v) is 9.98. The van der Waals surface area contributed by atoms with E-state index in [0.717, 1.165) is 26.5 Å². The van der Waals surface area contributed by atoms with Gasteiger partial charge in [0.05, 0.1) is 24.4 Å². The Morgan fingerprint density at radius 3 is 2.41 bits per heavy atom. The van der Waals surface area contributed by atoms with E-state index in [1.54, 1.807) is 25.6 Å². The van der Waals surface area contributed by atoms with Crippen LogP contribution in [0, 0.1) is 0 Å². The smallest absolute Gasteiger partial charge is 0.162 e. The molecule has 2 aromatic carbocycles. The molecule has 29 heavy (non-hydrogen) atoms. The van der Waals surface area contributed by atoms with E-state index in [1.807, 2.05) is 60.7 Å². The number of thiazole rings is 1. The number of aromatic nitrogens is 1. The monoisotopic (exact) mass is 412 g/mol. The third-order valence-corrected chi connectivity index (χ3v) is 5.17. The zero-order valence-corrected chi connectivity index (χ0v) is 17.1. The van der Waals surface area contributed by atoms with E-state index in [1.165, 1.54) is 0 Å². The van der Waals surface area contributed by atoms with E-state index in [4.69, 9.17) is 19.7 Å². The molecule has 3 N–H and O–H groups in total. The van der Waals surface area contributed by atoms with Crippen LogP contribution in [0.4, 0.5) is 5.69 Å². The molecule has 0 bridgehead atoms. The molecule has 0 atom stereocenters. The number of ether oxygens (including phenoxy) is 2. The van der Waals surface area contributed by atoms with E-state index < -0.39 is 6.29 Å². The molecule has 1 aromatic heterocycles. The summed E-state index contributed by atoms with van der Waals surface area (Å²) >= 11 is 1.59. The highest BCUT2D eigenvalue weighted by atomic mass is 32.1. The first-order chi connectivity index (χ1) is 14.1. The van der Waals surface area contributed by atoms with Crippen LogP contribution in [0.2, 0.25) is 0 Å². The Bertz CT molecular complexity index is 953. The molecule has 0 aliphatic rings. The van der Waals surface area contributed by atoms with Gasteiger partial charge in [0.15, 0.2) is 17.8 Å². The third kappa shape index (κ3) is 5.80. The van der Waals surface area contributed by atoms with Gasteiger partial charge in [-0.2, -0.15) is 0 Å². The predicted molar refractivity (Wildman–Crippen MR) is 119 cm³/mol. The number of hydrogen-bond donors (Lipinski definition) is 3. The van der Waals surface area contributed by atoms with Crippen molar-refractivity contribution in [2.24, 2.45) is 0 Å². The molecular formula is C22H24N2O4S. The van der Waals surface area contributed by atoms with Crippen LogP contribution >= 0.6 is 11.3 Å². The highest BCUT2D eigenvalue weighted by molar-refractivity contribution is 7.19. The molecule has 0 fully saturated rings. The van der Waals surface area contributed by atoms with Gasteiger partial charge < -0.3 is 25.0 Å². The quantitative estimate of drug-likeness (QED) is 0.362. The van der Waals surface area contributed by atoms with E-state index in [0.29, 0.717) is 18.0 Å². The Labute approximate surface area is 173 Å². The summed E-state index contributed by atoms with van der Waals surface area (Å²) in [6.45, 7) is 0.509. The number of hydrogen-bond acceptors (Lipinski definition) is 7. The SMILES string of the molecule is COc1cc2nc(/C=C/C=C/c3ccc(NCCC(O)O)cc3)sc2cc1OC. The average Bonchev–Trinajstić information content (AvgIpc) is 3.12. The Morgan fingerprint density at radius 1 is 1.03 bits per heavy atom. The Hall–Kier alpha value is -2.87. The maximum atomic E-state index is 8.85. The normalized spacial score (nSPS) is 11.8.